The van der Waals surface area contributed by atoms with Gasteiger partial charge in [0.25, 0.3) is 0 Å². The van der Waals surface area contributed by atoms with Crippen LogP contribution in [0.2, 0.25) is 0 Å². The van der Waals surface area contributed by atoms with E-state index in [4.69, 9.17) is 5.73 Å². The van der Waals surface area contributed by atoms with E-state index in [-0.39, 0.29) is 5.82 Å². The summed E-state index contributed by atoms with van der Waals surface area (Å²) < 4.78 is 11.7. The van der Waals surface area contributed by atoms with Gasteiger partial charge in [0.2, 0.25) is 0 Å². The van der Waals surface area contributed by atoms with Crippen LogP contribution >= 0.6 is 0 Å². The first-order valence-corrected chi connectivity index (χ1v) is 1.95. The SMILES string of the molecule is C=N/C(N)=C\C(=C)F. The molecule has 0 radical (unpaired) electrons. The van der Waals surface area contributed by atoms with Gasteiger partial charge in [0, 0.05) is 6.08 Å². The molecule has 0 atom stereocenters. The van der Waals surface area contributed by atoms with Gasteiger partial charge in [-0.1, -0.05) is 6.58 Å². The summed E-state index contributed by atoms with van der Waals surface area (Å²) in [5, 5.41) is 0. The quantitative estimate of drug-likeness (QED) is 0.421. The first kappa shape index (κ1) is 6.88. The van der Waals surface area contributed by atoms with E-state index in [9.17, 15) is 4.39 Å². The monoisotopic (exact) mass is 114 g/mol. The van der Waals surface area contributed by atoms with Crippen molar-refractivity contribution in [1.29, 1.82) is 0 Å². The van der Waals surface area contributed by atoms with Crippen LogP contribution in [0.1, 0.15) is 0 Å². The molecule has 0 saturated carbocycles. The highest BCUT2D eigenvalue weighted by Gasteiger charge is 1.82. The molecule has 3 heteroatoms. The van der Waals surface area contributed by atoms with E-state index in [0.717, 1.165) is 6.08 Å². The van der Waals surface area contributed by atoms with Gasteiger partial charge in [-0.25, -0.2) is 9.38 Å². The number of aliphatic imine (C=N–C) groups is 1. The van der Waals surface area contributed by atoms with Crippen molar-refractivity contribution >= 4 is 6.72 Å². The standard InChI is InChI=1S/C5H7FN2/c1-4(6)3-5(7)8-2/h3H,1-2,7H2/b5-3-. The Morgan fingerprint density at radius 1 is 1.75 bits per heavy atom. The third-order valence-electron chi connectivity index (χ3n) is 0.487. The molecular weight excluding hydrogens is 107 g/mol. The Balaban J connectivity index is 3.94. The van der Waals surface area contributed by atoms with E-state index in [0.29, 0.717) is 0 Å². The summed E-state index contributed by atoms with van der Waals surface area (Å²) in [5.74, 6) is -0.576. The lowest BCUT2D eigenvalue weighted by Crippen LogP contribution is -1.91. The Labute approximate surface area is 47.2 Å². The zero-order valence-corrected chi connectivity index (χ0v) is 4.39. The minimum Gasteiger partial charge on any atom is -0.384 e. The molecule has 0 aliphatic rings. The summed E-state index contributed by atoms with van der Waals surface area (Å²) in [6.45, 7) is 5.99. The fraction of sp³-hybridized carbons (Fsp3) is 0. The number of nitrogens with zero attached hydrogens (tertiary/aromatic N) is 1. The second-order valence-corrected chi connectivity index (χ2v) is 1.17. The number of nitrogens with two attached hydrogens (primary N) is 1. The topological polar surface area (TPSA) is 38.4 Å². The van der Waals surface area contributed by atoms with Gasteiger partial charge in [-0.15, -0.1) is 0 Å². The molecule has 0 aromatic rings. The fourth-order valence-electron chi connectivity index (χ4n) is 0.206. The normalized spacial score (nSPS) is 10.9. The van der Waals surface area contributed by atoms with Crippen LogP contribution in [0, 0.1) is 0 Å². The van der Waals surface area contributed by atoms with Crippen molar-refractivity contribution in [3.05, 3.63) is 24.3 Å². The van der Waals surface area contributed by atoms with Crippen LogP contribution in [0.25, 0.3) is 0 Å². The van der Waals surface area contributed by atoms with Gasteiger partial charge in [0.1, 0.15) is 11.6 Å². The summed E-state index contributed by atoms with van der Waals surface area (Å²) >= 11 is 0. The Kier molecular flexibility index (Phi) is 2.54. The Bertz CT molecular complexity index is 137. The summed E-state index contributed by atoms with van der Waals surface area (Å²) in [7, 11) is 0. The van der Waals surface area contributed by atoms with Crippen LogP contribution in [-0.2, 0) is 0 Å². The van der Waals surface area contributed by atoms with Gasteiger partial charge < -0.3 is 5.73 Å². The maximum absolute atomic E-state index is 11.7. The number of halogens is 1. The molecule has 0 heterocycles. The van der Waals surface area contributed by atoms with Crippen molar-refractivity contribution in [2.24, 2.45) is 10.7 Å². The smallest absolute Gasteiger partial charge is 0.125 e. The Hall–Kier alpha value is -1.12. The molecular formula is C5H7FN2. The molecule has 0 unspecified atom stereocenters. The van der Waals surface area contributed by atoms with E-state index in [1.165, 1.54) is 0 Å². The highest BCUT2D eigenvalue weighted by molar-refractivity contribution is 5.29. The van der Waals surface area contributed by atoms with Gasteiger partial charge >= 0.3 is 0 Å². The average Bonchev–Trinajstić information content (AvgIpc) is 1.65. The zero-order valence-electron chi connectivity index (χ0n) is 4.39. The van der Waals surface area contributed by atoms with E-state index >= 15 is 0 Å². The summed E-state index contributed by atoms with van der Waals surface area (Å²) in [4.78, 5) is 3.22. The van der Waals surface area contributed by atoms with E-state index in [2.05, 4.69) is 18.3 Å². The lowest BCUT2D eigenvalue weighted by atomic mass is 10.5. The third kappa shape index (κ3) is 3.08. The summed E-state index contributed by atoms with van der Waals surface area (Å²) in [5.41, 5.74) is 5.00. The minimum atomic E-state index is -0.616. The maximum Gasteiger partial charge on any atom is 0.125 e. The molecule has 0 aromatic carbocycles. The molecule has 2 nitrogen and oxygen atoms in total. The second-order valence-electron chi connectivity index (χ2n) is 1.17. The van der Waals surface area contributed by atoms with E-state index in [1.807, 2.05) is 0 Å². The van der Waals surface area contributed by atoms with Gasteiger partial charge in [0.05, 0.1) is 0 Å². The van der Waals surface area contributed by atoms with Crippen LogP contribution in [0.4, 0.5) is 4.39 Å². The van der Waals surface area contributed by atoms with Crippen molar-refractivity contribution < 1.29 is 4.39 Å². The van der Waals surface area contributed by atoms with Crippen molar-refractivity contribution in [2.45, 2.75) is 0 Å². The van der Waals surface area contributed by atoms with Crippen molar-refractivity contribution in [1.82, 2.24) is 0 Å². The van der Waals surface area contributed by atoms with Crippen molar-refractivity contribution in [3.8, 4) is 0 Å². The molecule has 0 bridgehead atoms. The van der Waals surface area contributed by atoms with Crippen LogP contribution < -0.4 is 5.73 Å². The van der Waals surface area contributed by atoms with Crippen LogP contribution in [0.15, 0.2) is 29.3 Å². The van der Waals surface area contributed by atoms with Crippen LogP contribution in [0.5, 0.6) is 0 Å². The third-order valence-corrected chi connectivity index (χ3v) is 0.487. The molecule has 0 aliphatic heterocycles. The average molecular weight is 114 g/mol. The highest BCUT2D eigenvalue weighted by Crippen LogP contribution is 1.95. The van der Waals surface area contributed by atoms with Crippen LogP contribution in [-0.4, -0.2) is 6.72 Å². The minimum absolute atomic E-state index is 0.0394. The predicted molar refractivity (Wildman–Crippen MR) is 32.1 cm³/mol. The molecule has 0 aliphatic carbocycles. The molecule has 0 fully saturated rings. The van der Waals surface area contributed by atoms with Gasteiger partial charge in [0.15, 0.2) is 0 Å². The highest BCUT2D eigenvalue weighted by atomic mass is 19.1. The maximum atomic E-state index is 11.7. The molecule has 0 spiro atoms. The van der Waals surface area contributed by atoms with E-state index in [1.54, 1.807) is 0 Å². The van der Waals surface area contributed by atoms with Crippen molar-refractivity contribution in [3.63, 3.8) is 0 Å². The lowest BCUT2D eigenvalue weighted by Gasteiger charge is -1.85. The fourth-order valence-corrected chi connectivity index (χ4v) is 0.206. The van der Waals surface area contributed by atoms with Gasteiger partial charge in [-0.2, -0.15) is 0 Å². The zero-order chi connectivity index (χ0) is 6.57. The Morgan fingerprint density at radius 2 is 2.25 bits per heavy atom. The molecule has 0 amide bonds. The predicted octanol–water partition coefficient (Wildman–Crippen LogP) is 0.970. The largest absolute Gasteiger partial charge is 0.384 e. The number of hydrogen-bond donors (Lipinski definition) is 1. The van der Waals surface area contributed by atoms with Gasteiger partial charge in [-0.3, -0.25) is 0 Å². The Morgan fingerprint density at radius 3 is 2.38 bits per heavy atom. The molecule has 2 N–H and O–H groups in total. The number of hydrogen-bond acceptors (Lipinski definition) is 2. The molecule has 0 saturated heterocycles. The van der Waals surface area contributed by atoms with Gasteiger partial charge in [-0.05, 0) is 6.72 Å². The molecule has 0 aromatic heterocycles. The number of allylic oxidation sites excluding steroid dienone is 2. The first-order chi connectivity index (χ1) is 3.66. The summed E-state index contributed by atoms with van der Waals surface area (Å²) in [6.07, 6.45) is 0.993. The summed E-state index contributed by atoms with van der Waals surface area (Å²) in [6, 6.07) is 0. The second kappa shape index (κ2) is 2.96. The van der Waals surface area contributed by atoms with Crippen LogP contribution in [0.3, 0.4) is 0 Å². The molecule has 8 heavy (non-hydrogen) atoms. The lowest BCUT2D eigenvalue weighted by molar-refractivity contribution is 0.669. The first-order valence-electron chi connectivity index (χ1n) is 1.95. The number of rotatable bonds is 2. The van der Waals surface area contributed by atoms with E-state index < -0.39 is 5.83 Å². The molecule has 0 rings (SSSR count). The van der Waals surface area contributed by atoms with Crippen molar-refractivity contribution in [2.75, 3.05) is 0 Å². The molecule has 44 valence electrons.